The molecule has 10 heteroatoms. The Morgan fingerprint density at radius 3 is 2.03 bits per heavy atom. The predicted molar refractivity (Wildman–Crippen MR) is 144 cm³/mol. The van der Waals surface area contributed by atoms with Crippen molar-refractivity contribution in [2.75, 3.05) is 6.54 Å². The maximum atomic E-state index is 12.7. The Labute approximate surface area is 226 Å². The summed E-state index contributed by atoms with van der Waals surface area (Å²) in [5, 5.41) is 14.9. The molecule has 1 rings (SSSR count). The van der Waals surface area contributed by atoms with Crippen molar-refractivity contribution >= 4 is 30.4 Å². The van der Waals surface area contributed by atoms with Crippen LogP contribution in [-0.2, 0) is 30.4 Å². The Balaban J connectivity index is 2.51. The van der Waals surface area contributed by atoms with Crippen molar-refractivity contribution in [3.8, 4) is 0 Å². The number of carbonyl (C=O) groups is 5. The third-order valence-corrected chi connectivity index (χ3v) is 7.05. The fraction of sp³-hybridized carbons (Fsp3) is 0.714. The summed E-state index contributed by atoms with van der Waals surface area (Å²) in [5.74, 6) is -1.88. The first-order valence-electron chi connectivity index (χ1n) is 14.0. The average Bonchev–Trinajstić information content (AvgIpc) is 3.42. The van der Waals surface area contributed by atoms with Gasteiger partial charge in [-0.05, 0) is 38.5 Å². The summed E-state index contributed by atoms with van der Waals surface area (Å²) in [6.07, 6.45) is 13.6. The fourth-order valence-corrected chi connectivity index (χ4v) is 4.69. The number of unbranched alkanes of at least 4 members (excludes halogenated alkanes) is 3. The number of nitrogens with one attached hydrogen (secondary N) is 3. The second-order valence-corrected chi connectivity index (χ2v) is 9.99. The number of carboxylic acid groups (broad SMARTS) is 1. The molecule has 38 heavy (non-hydrogen) atoms. The molecule has 1 aromatic heterocycles. The molecular weight excluding hydrogens is 488 g/mol. The van der Waals surface area contributed by atoms with Gasteiger partial charge in [0.2, 0.25) is 11.8 Å². The van der Waals surface area contributed by atoms with E-state index in [9.17, 15) is 29.1 Å². The highest BCUT2D eigenvalue weighted by atomic mass is 16.4. The Bertz CT molecular complexity index is 829. The number of hydrogen-bond acceptors (Lipinski definition) is 6. The van der Waals surface area contributed by atoms with Crippen LogP contribution in [0.4, 0.5) is 0 Å². The third kappa shape index (κ3) is 13.5. The Morgan fingerprint density at radius 1 is 0.921 bits per heavy atom. The van der Waals surface area contributed by atoms with E-state index >= 15 is 0 Å². The summed E-state index contributed by atoms with van der Waals surface area (Å²) >= 11 is 0. The minimum Gasteiger partial charge on any atom is -0.481 e. The number of imidazole rings is 1. The largest absolute Gasteiger partial charge is 0.481 e. The van der Waals surface area contributed by atoms with Crippen LogP contribution in [0, 0.1) is 17.8 Å². The van der Waals surface area contributed by atoms with Crippen molar-refractivity contribution < 1.29 is 29.1 Å². The van der Waals surface area contributed by atoms with Crippen LogP contribution in [0.1, 0.15) is 96.6 Å². The van der Waals surface area contributed by atoms with Gasteiger partial charge in [-0.2, -0.15) is 0 Å². The van der Waals surface area contributed by atoms with Crippen molar-refractivity contribution in [3.05, 3.63) is 18.2 Å². The van der Waals surface area contributed by atoms with E-state index in [1.165, 1.54) is 6.33 Å². The molecule has 0 spiro atoms. The van der Waals surface area contributed by atoms with Gasteiger partial charge in [0.1, 0.15) is 12.6 Å². The average molecular weight is 535 g/mol. The quantitative estimate of drug-likeness (QED) is 0.123. The highest BCUT2D eigenvalue weighted by molar-refractivity contribution is 5.82. The summed E-state index contributed by atoms with van der Waals surface area (Å²) in [7, 11) is 0. The maximum Gasteiger partial charge on any atom is 0.306 e. The monoisotopic (exact) mass is 534 g/mol. The molecule has 2 amide bonds. The second-order valence-electron chi connectivity index (χ2n) is 9.99. The van der Waals surface area contributed by atoms with Crippen LogP contribution in [0.15, 0.2) is 12.5 Å². The van der Waals surface area contributed by atoms with Crippen molar-refractivity contribution in [3.63, 3.8) is 0 Å². The van der Waals surface area contributed by atoms with Crippen LogP contribution in [-0.4, -0.2) is 58.0 Å². The van der Waals surface area contributed by atoms with Gasteiger partial charge in [0.15, 0.2) is 0 Å². The first-order valence-corrected chi connectivity index (χ1v) is 14.0. The van der Waals surface area contributed by atoms with Gasteiger partial charge in [-0.1, -0.05) is 52.4 Å². The third-order valence-electron chi connectivity index (χ3n) is 7.05. The van der Waals surface area contributed by atoms with Gasteiger partial charge in [-0.3, -0.25) is 14.4 Å². The standard InChI is InChI=1S/C28H46N4O6/c1-3-5-10-23(28(37)38)14-9-8-13-22(26(35)30-15-16-33)12-7-6-11-21(4-2)27(36)32-25(19-34)17-24-18-29-20-31-24/h16,18-23,25H,3-15,17H2,1-2H3,(H,29,31)(H,30,35)(H,32,36)(H,37,38)/t21?,22?,23?,25-/m0/s1. The van der Waals surface area contributed by atoms with Crippen molar-refractivity contribution in [1.29, 1.82) is 0 Å². The van der Waals surface area contributed by atoms with Gasteiger partial charge in [-0.15, -0.1) is 0 Å². The smallest absolute Gasteiger partial charge is 0.306 e. The summed E-state index contributed by atoms with van der Waals surface area (Å²) < 4.78 is 0. The summed E-state index contributed by atoms with van der Waals surface area (Å²) in [6.45, 7) is 3.96. The van der Waals surface area contributed by atoms with Crippen LogP contribution in [0.3, 0.4) is 0 Å². The van der Waals surface area contributed by atoms with Crippen LogP contribution in [0.5, 0.6) is 0 Å². The molecule has 1 aromatic rings. The molecule has 10 nitrogen and oxygen atoms in total. The van der Waals surface area contributed by atoms with Crippen molar-refractivity contribution in [2.24, 2.45) is 17.8 Å². The van der Waals surface area contributed by atoms with E-state index in [2.05, 4.69) is 20.6 Å². The maximum absolute atomic E-state index is 12.7. The van der Waals surface area contributed by atoms with Crippen molar-refractivity contribution in [2.45, 2.75) is 103 Å². The van der Waals surface area contributed by atoms with Gasteiger partial charge >= 0.3 is 5.97 Å². The van der Waals surface area contributed by atoms with Crippen LogP contribution < -0.4 is 10.6 Å². The molecule has 4 N–H and O–H groups in total. The number of carbonyl (C=O) groups excluding carboxylic acids is 4. The molecule has 0 aliphatic rings. The SMILES string of the molecule is CCCCC(CCCCC(CCCCC(CC)C(=O)N[C@H](C=O)Cc1cnc[nH]1)C(=O)NCC=O)C(=O)O. The zero-order valence-electron chi connectivity index (χ0n) is 23.0. The molecule has 4 atom stereocenters. The lowest BCUT2D eigenvalue weighted by molar-refractivity contribution is -0.142. The molecule has 0 aromatic carbocycles. The second kappa shape index (κ2) is 20.0. The summed E-state index contributed by atoms with van der Waals surface area (Å²) in [4.78, 5) is 65.8. The lowest BCUT2D eigenvalue weighted by Gasteiger charge is -2.19. The van der Waals surface area contributed by atoms with E-state index in [1.54, 1.807) is 6.20 Å². The first kappa shape index (κ1) is 33.0. The molecule has 1 heterocycles. The van der Waals surface area contributed by atoms with Gasteiger partial charge in [0.25, 0.3) is 0 Å². The normalized spacial score (nSPS) is 14.2. The van der Waals surface area contributed by atoms with E-state index in [4.69, 9.17) is 0 Å². The van der Waals surface area contributed by atoms with Crippen LogP contribution >= 0.6 is 0 Å². The molecule has 0 fully saturated rings. The highest BCUT2D eigenvalue weighted by Gasteiger charge is 2.22. The lowest BCUT2D eigenvalue weighted by Crippen LogP contribution is -2.41. The number of rotatable bonds is 23. The fourth-order valence-electron chi connectivity index (χ4n) is 4.69. The van der Waals surface area contributed by atoms with E-state index in [0.717, 1.165) is 50.5 Å². The van der Waals surface area contributed by atoms with Gasteiger partial charge < -0.3 is 30.3 Å². The summed E-state index contributed by atoms with van der Waals surface area (Å²) in [6, 6.07) is -0.620. The minimum absolute atomic E-state index is 0.0258. The first-order chi connectivity index (χ1) is 18.4. The predicted octanol–water partition coefficient (Wildman–Crippen LogP) is 3.61. The minimum atomic E-state index is -0.756. The Morgan fingerprint density at radius 2 is 1.53 bits per heavy atom. The molecule has 0 aliphatic carbocycles. The van der Waals surface area contributed by atoms with Gasteiger partial charge in [-0.25, -0.2) is 4.98 Å². The number of aldehydes is 2. The lowest BCUT2D eigenvalue weighted by atomic mass is 9.90. The number of H-pyrrole nitrogens is 1. The van der Waals surface area contributed by atoms with Crippen molar-refractivity contribution in [1.82, 2.24) is 20.6 Å². The van der Waals surface area contributed by atoms with E-state index in [0.29, 0.717) is 51.2 Å². The molecule has 0 radical (unpaired) electrons. The number of hydrogen-bond donors (Lipinski definition) is 4. The molecule has 3 unspecified atom stereocenters. The zero-order valence-corrected chi connectivity index (χ0v) is 23.0. The number of carboxylic acids is 1. The Hall–Kier alpha value is -3.04. The molecule has 214 valence electrons. The summed E-state index contributed by atoms with van der Waals surface area (Å²) in [5.41, 5.74) is 0.772. The van der Waals surface area contributed by atoms with E-state index in [-0.39, 0.29) is 36.1 Å². The molecule has 0 bridgehead atoms. The molecule has 0 saturated heterocycles. The Kier molecular flexibility index (Phi) is 17.4. The number of aliphatic carboxylic acids is 1. The number of amides is 2. The van der Waals surface area contributed by atoms with Crippen LogP contribution in [0.2, 0.25) is 0 Å². The van der Waals surface area contributed by atoms with E-state index < -0.39 is 12.0 Å². The number of nitrogens with zero attached hydrogens (tertiary/aromatic N) is 1. The molecule has 0 aliphatic heterocycles. The van der Waals surface area contributed by atoms with Gasteiger partial charge in [0, 0.05) is 30.1 Å². The number of aromatic amines is 1. The molecular formula is C28H46N4O6. The van der Waals surface area contributed by atoms with E-state index in [1.807, 2.05) is 13.8 Å². The van der Waals surface area contributed by atoms with Gasteiger partial charge in [0.05, 0.1) is 24.8 Å². The number of aromatic nitrogens is 2. The topological polar surface area (TPSA) is 158 Å². The van der Waals surface area contributed by atoms with Crippen LogP contribution in [0.25, 0.3) is 0 Å². The molecule has 0 saturated carbocycles. The zero-order chi connectivity index (χ0) is 28.2. The highest BCUT2D eigenvalue weighted by Crippen LogP contribution is 2.23.